The van der Waals surface area contributed by atoms with Crippen LogP contribution in [0.5, 0.6) is 0 Å². The lowest BCUT2D eigenvalue weighted by Gasteiger charge is -2.18. The Morgan fingerprint density at radius 3 is 1.21 bits per heavy atom. The minimum atomic E-state index is 1.03. The van der Waals surface area contributed by atoms with Crippen LogP contribution in [0.4, 0.5) is 0 Å². The van der Waals surface area contributed by atoms with E-state index in [-0.39, 0.29) is 0 Å². The van der Waals surface area contributed by atoms with Gasteiger partial charge in [-0.2, -0.15) is 0 Å². The van der Waals surface area contributed by atoms with Crippen molar-refractivity contribution in [3.63, 3.8) is 0 Å². The van der Waals surface area contributed by atoms with E-state index in [2.05, 4.69) is 185 Å². The van der Waals surface area contributed by atoms with Crippen LogP contribution in [0.3, 0.4) is 0 Å². The van der Waals surface area contributed by atoms with Gasteiger partial charge in [0, 0.05) is 17.9 Å². The highest BCUT2D eigenvalue weighted by Crippen LogP contribution is 2.46. The zero-order valence-electron chi connectivity index (χ0n) is 20.1. The molecule has 0 nitrogen and oxygen atoms in total. The summed E-state index contributed by atoms with van der Waals surface area (Å²) in [7, 11) is 0. The molecule has 0 fully saturated rings. The van der Waals surface area contributed by atoms with E-state index in [0.717, 1.165) is 40.1 Å². The van der Waals surface area contributed by atoms with E-state index in [1.54, 1.807) is 0 Å². The first-order chi connectivity index (χ1) is 18.5. The lowest BCUT2D eigenvalue weighted by Crippen LogP contribution is -1.92. The molecule has 0 aliphatic rings. The fraction of sp³-hybridized carbons (Fsp3) is 0. The van der Waals surface area contributed by atoms with Crippen molar-refractivity contribution < 1.29 is 0 Å². The zero-order valence-corrected chi connectivity index (χ0v) is 26.4. The van der Waals surface area contributed by atoms with Gasteiger partial charge in [0.25, 0.3) is 0 Å². The van der Waals surface area contributed by atoms with Gasteiger partial charge in [-0.3, -0.25) is 0 Å². The van der Waals surface area contributed by atoms with Crippen molar-refractivity contribution in [3.05, 3.63) is 139 Å². The summed E-state index contributed by atoms with van der Waals surface area (Å²) in [6.07, 6.45) is 0. The molecule has 184 valence electrons. The Morgan fingerprint density at radius 1 is 0.289 bits per heavy atom. The van der Waals surface area contributed by atoms with Crippen molar-refractivity contribution in [2.24, 2.45) is 0 Å². The van der Waals surface area contributed by atoms with Gasteiger partial charge in [-0.15, -0.1) is 0 Å². The Bertz CT molecular complexity index is 1790. The highest BCUT2D eigenvalue weighted by atomic mass is 79.9. The summed E-state index contributed by atoms with van der Waals surface area (Å²) in [4.78, 5) is 0. The van der Waals surface area contributed by atoms with Crippen molar-refractivity contribution in [1.82, 2.24) is 0 Å². The minimum absolute atomic E-state index is 1.03. The molecule has 0 bridgehead atoms. The van der Waals surface area contributed by atoms with Crippen LogP contribution in [0, 0.1) is 0 Å². The third-order valence-electron chi connectivity index (χ3n) is 6.75. The number of hydrogen-bond acceptors (Lipinski definition) is 0. The smallest absolute Gasteiger partial charge is 0.0265 e. The van der Waals surface area contributed by atoms with Crippen LogP contribution >= 0.6 is 63.7 Å². The second-order valence-electron chi connectivity index (χ2n) is 9.10. The summed E-state index contributed by atoms with van der Waals surface area (Å²) in [5.41, 5.74) is 9.27. The van der Waals surface area contributed by atoms with E-state index < -0.39 is 0 Å². The maximum Gasteiger partial charge on any atom is 0.0265 e. The Hall–Kier alpha value is -2.50. The van der Waals surface area contributed by atoms with E-state index in [9.17, 15) is 0 Å². The maximum absolute atomic E-state index is 3.93. The van der Waals surface area contributed by atoms with Crippen LogP contribution in [0.15, 0.2) is 139 Å². The summed E-state index contributed by atoms with van der Waals surface area (Å²) in [6, 6.07) is 43.0. The Kier molecular flexibility index (Phi) is 7.41. The van der Waals surface area contributed by atoms with Gasteiger partial charge in [0.05, 0.1) is 0 Å². The standard InChI is InChI=1S/C34H20Br4/c35-31-16-24-14-8-7-13-23(24)15-27(31)29-18-30(34(38)20-33(29)37)28-17-25(21-9-3-1-4-10-21)26(19-32(28)36)22-11-5-2-6-12-22/h1-20H. The summed E-state index contributed by atoms with van der Waals surface area (Å²) in [5.74, 6) is 0. The fourth-order valence-electron chi connectivity index (χ4n) is 4.87. The second kappa shape index (κ2) is 10.9. The number of hydrogen-bond donors (Lipinski definition) is 0. The van der Waals surface area contributed by atoms with Gasteiger partial charge in [0.2, 0.25) is 0 Å². The van der Waals surface area contributed by atoms with E-state index in [1.165, 1.54) is 33.0 Å². The highest BCUT2D eigenvalue weighted by molar-refractivity contribution is 9.11. The maximum atomic E-state index is 3.93. The van der Waals surface area contributed by atoms with E-state index >= 15 is 0 Å². The molecule has 0 N–H and O–H groups in total. The number of benzene rings is 6. The average Bonchev–Trinajstić information content (AvgIpc) is 2.94. The minimum Gasteiger partial charge on any atom is -0.0622 e. The molecule has 0 unspecified atom stereocenters. The third kappa shape index (κ3) is 4.96. The first kappa shape index (κ1) is 25.8. The predicted molar refractivity (Wildman–Crippen MR) is 176 cm³/mol. The predicted octanol–water partition coefficient (Wildman–Crippen LogP) is 12.6. The number of halogens is 4. The van der Waals surface area contributed by atoms with Crippen LogP contribution in [0.1, 0.15) is 0 Å². The molecule has 6 aromatic carbocycles. The van der Waals surface area contributed by atoms with Crippen molar-refractivity contribution in [3.8, 4) is 44.5 Å². The Morgan fingerprint density at radius 2 is 0.658 bits per heavy atom. The van der Waals surface area contributed by atoms with Gasteiger partial charge >= 0.3 is 0 Å². The molecule has 0 atom stereocenters. The van der Waals surface area contributed by atoms with Crippen LogP contribution in [-0.2, 0) is 0 Å². The van der Waals surface area contributed by atoms with E-state index in [1.807, 2.05) is 0 Å². The third-order valence-corrected chi connectivity index (χ3v) is 9.37. The van der Waals surface area contributed by atoms with Crippen molar-refractivity contribution in [2.45, 2.75) is 0 Å². The Balaban J connectivity index is 1.58. The summed E-state index contributed by atoms with van der Waals surface area (Å²) >= 11 is 15.5. The first-order valence-corrected chi connectivity index (χ1v) is 15.3. The second-order valence-corrected chi connectivity index (χ2v) is 12.5. The zero-order chi connectivity index (χ0) is 26.2. The first-order valence-electron chi connectivity index (χ1n) is 12.1. The molecule has 0 aliphatic carbocycles. The normalized spacial score (nSPS) is 11.2. The molecule has 6 aromatic rings. The summed E-state index contributed by atoms with van der Waals surface area (Å²) in [6.45, 7) is 0. The summed E-state index contributed by atoms with van der Waals surface area (Å²) in [5, 5.41) is 2.42. The molecule has 0 saturated heterocycles. The van der Waals surface area contributed by atoms with Crippen LogP contribution in [-0.4, -0.2) is 0 Å². The van der Waals surface area contributed by atoms with E-state index in [4.69, 9.17) is 0 Å². The molecule has 0 heterocycles. The lowest BCUT2D eigenvalue weighted by molar-refractivity contribution is 1.50. The lowest BCUT2D eigenvalue weighted by atomic mass is 9.90. The van der Waals surface area contributed by atoms with E-state index in [0.29, 0.717) is 0 Å². The number of rotatable bonds is 4. The molecule has 0 radical (unpaired) electrons. The molecule has 4 heteroatoms. The molecular formula is C34H20Br4. The SMILES string of the molecule is Brc1cc(Br)c(-c2cc3ccccc3cc2Br)cc1-c1cc(-c2ccccc2)c(-c2ccccc2)cc1Br. The van der Waals surface area contributed by atoms with Crippen LogP contribution in [0.25, 0.3) is 55.3 Å². The van der Waals surface area contributed by atoms with Crippen molar-refractivity contribution in [2.75, 3.05) is 0 Å². The largest absolute Gasteiger partial charge is 0.0622 e. The molecule has 0 aliphatic heterocycles. The molecular weight excluding hydrogens is 728 g/mol. The van der Waals surface area contributed by atoms with Gasteiger partial charge in [0.1, 0.15) is 0 Å². The monoisotopic (exact) mass is 744 g/mol. The average molecular weight is 748 g/mol. The van der Waals surface area contributed by atoms with Gasteiger partial charge < -0.3 is 0 Å². The van der Waals surface area contributed by atoms with Gasteiger partial charge in [-0.1, -0.05) is 149 Å². The van der Waals surface area contributed by atoms with Gasteiger partial charge in [-0.25, -0.2) is 0 Å². The van der Waals surface area contributed by atoms with Crippen LogP contribution < -0.4 is 0 Å². The topological polar surface area (TPSA) is 0 Å². The highest BCUT2D eigenvalue weighted by Gasteiger charge is 2.18. The van der Waals surface area contributed by atoms with Gasteiger partial charge in [-0.05, 0) is 91.7 Å². The fourth-order valence-corrected chi connectivity index (χ4v) is 7.43. The molecule has 0 saturated carbocycles. The molecule has 0 spiro atoms. The van der Waals surface area contributed by atoms with Gasteiger partial charge in [0.15, 0.2) is 0 Å². The molecule has 6 rings (SSSR count). The summed E-state index contributed by atoms with van der Waals surface area (Å²) < 4.78 is 4.16. The molecule has 0 aromatic heterocycles. The molecule has 38 heavy (non-hydrogen) atoms. The van der Waals surface area contributed by atoms with Crippen LogP contribution in [0.2, 0.25) is 0 Å². The van der Waals surface area contributed by atoms with Crippen molar-refractivity contribution >= 4 is 74.5 Å². The Labute approximate surface area is 256 Å². The van der Waals surface area contributed by atoms with Crippen molar-refractivity contribution in [1.29, 1.82) is 0 Å². The molecule has 0 amide bonds. The quantitative estimate of drug-likeness (QED) is 0.168. The number of fused-ring (bicyclic) bond motifs is 1.